The molecule has 6 heteroatoms. The molecule has 6 nitrogen and oxygen atoms in total. The maximum absolute atomic E-state index is 12.5. The van der Waals surface area contributed by atoms with Gasteiger partial charge < -0.3 is 20.3 Å². The van der Waals surface area contributed by atoms with Crippen molar-refractivity contribution in [3.63, 3.8) is 0 Å². The molecular formula is C57H111NO5. The van der Waals surface area contributed by atoms with E-state index >= 15 is 0 Å². The predicted octanol–water partition coefficient (Wildman–Crippen LogP) is 17.3. The lowest BCUT2D eigenvalue weighted by molar-refractivity contribution is -0.143. The van der Waals surface area contributed by atoms with Crippen molar-refractivity contribution in [1.29, 1.82) is 0 Å². The summed E-state index contributed by atoms with van der Waals surface area (Å²) in [6.45, 7) is 4.89. The van der Waals surface area contributed by atoms with Gasteiger partial charge in [-0.3, -0.25) is 9.59 Å². The van der Waals surface area contributed by atoms with E-state index in [2.05, 4.69) is 19.2 Å². The van der Waals surface area contributed by atoms with E-state index in [9.17, 15) is 19.8 Å². The first-order chi connectivity index (χ1) is 31.0. The molecule has 0 aliphatic heterocycles. The van der Waals surface area contributed by atoms with Gasteiger partial charge in [0.05, 0.1) is 25.4 Å². The Morgan fingerprint density at radius 3 is 1.08 bits per heavy atom. The second kappa shape index (κ2) is 53.2. The average Bonchev–Trinajstić information content (AvgIpc) is 3.28. The lowest BCUT2D eigenvalue weighted by atomic mass is 10.0. The molecule has 0 saturated heterocycles. The summed E-state index contributed by atoms with van der Waals surface area (Å²) in [5.74, 6) is -0.0956. The first-order valence-electron chi connectivity index (χ1n) is 28.5. The number of hydrogen-bond acceptors (Lipinski definition) is 5. The maximum atomic E-state index is 12.5. The van der Waals surface area contributed by atoms with Crippen LogP contribution in [0.4, 0.5) is 0 Å². The van der Waals surface area contributed by atoms with Crippen LogP contribution in [-0.2, 0) is 14.3 Å². The quantitative estimate of drug-likeness (QED) is 0.0321. The largest absolute Gasteiger partial charge is 0.466 e. The summed E-state index contributed by atoms with van der Waals surface area (Å²) in [5, 5.41) is 23.1. The zero-order valence-corrected chi connectivity index (χ0v) is 42.6. The zero-order chi connectivity index (χ0) is 45.8. The molecule has 374 valence electrons. The summed E-state index contributed by atoms with van der Waals surface area (Å²) in [7, 11) is 0. The summed E-state index contributed by atoms with van der Waals surface area (Å²) in [5.41, 5.74) is 0. The first kappa shape index (κ1) is 61.6. The van der Waals surface area contributed by atoms with Crippen molar-refractivity contribution in [2.45, 2.75) is 328 Å². The van der Waals surface area contributed by atoms with Gasteiger partial charge in [0.25, 0.3) is 0 Å². The van der Waals surface area contributed by atoms with Gasteiger partial charge in [0.1, 0.15) is 0 Å². The standard InChI is InChI=1S/C57H111NO5/c1-3-5-7-9-11-13-15-17-19-20-21-22-23-24-25-26-29-33-37-41-45-49-55(60)54(53-59)58-56(61)50-46-42-38-34-30-28-32-36-40-44-48-52-63-57(62)51-47-43-39-35-31-27-18-16-14-12-10-8-6-4-2/h45,49,54-55,59-60H,3-44,46-48,50-53H2,1-2H3,(H,58,61)/b49-45+. The van der Waals surface area contributed by atoms with E-state index in [0.29, 0.717) is 19.4 Å². The minimum absolute atomic E-state index is 0.0123. The minimum Gasteiger partial charge on any atom is -0.466 e. The summed E-state index contributed by atoms with van der Waals surface area (Å²) >= 11 is 0. The molecular weight excluding hydrogens is 779 g/mol. The van der Waals surface area contributed by atoms with Gasteiger partial charge in [-0.15, -0.1) is 0 Å². The number of aliphatic hydroxyl groups excluding tert-OH is 2. The van der Waals surface area contributed by atoms with Crippen LogP contribution in [0.15, 0.2) is 12.2 Å². The number of esters is 1. The van der Waals surface area contributed by atoms with Crippen molar-refractivity contribution >= 4 is 11.9 Å². The molecule has 3 N–H and O–H groups in total. The van der Waals surface area contributed by atoms with Gasteiger partial charge in [0.15, 0.2) is 0 Å². The Morgan fingerprint density at radius 1 is 0.429 bits per heavy atom. The van der Waals surface area contributed by atoms with Crippen molar-refractivity contribution in [3.8, 4) is 0 Å². The Bertz CT molecular complexity index is 939. The second-order valence-electron chi connectivity index (χ2n) is 19.6. The fourth-order valence-corrected chi connectivity index (χ4v) is 8.93. The molecule has 0 bridgehead atoms. The fraction of sp³-hybridized carbons (Fsp3) is 0.930. The van der Waals surface area contributed by atoms with E-state index in [1.165, 1.54) is 231 Å². The molecule has 0 radical (unpaired) electrons. The van der Waals surface area contributed by atoms with Crippen LogP contribution in [0.2, 0.25) is 0 Å². The number of hydrogen-bond donors (Lipinski definition) is 3. The van der Waals surface area contributed by atoms with Crippen LogP contribution in [0.3, 0.4) is 0 Å². The van der Waals surface area contributed by atoms with E-state index in [1.807, 2.05) is 6.08 Å². The minimum atomic E-state index is -0.856. The fourth-order valence-electron chi connectivity index (χ4n) is 8.93. The molecule has 2 unspecified atom stereocenters. The third-order valence-corrected chi connectivity index (χ3v) is 13.3. The molecule has 0 aromatic carbocycles. The second-order valence-corrected chi connectivity index (χ2v) is 19.6. The SMILES string of the molecule is CCCCCCCCCCCCCCCCCCCCC/C=C/C(O)C(CO)NC(=O)CCCCCCCCCCCCCOC(=O)CCCCCCCCCCCCCCCC. The molecule has 0 heterocycles. The normalized spacial score (nSPS) is 12.6. The van der Waals surface area contributed by atoms with Crippen molar-refractivity contribution in [2.24, 2.45) is 0 Å². The highest BCUT2D eigenvalue weighted by atomic mass is 16.5. The van der Waals surface area contributed by atoms with Gasteiger partial charge in [-0.1, -0.05) is 283 Å². The van der Waals surface area contributed by atoms with Crippen LogP contribution >= 0.6 is 0 Å². The molecule has 0 rings (SSSR count). The van der Waals surface area contributed by atoms with Crippen LogP contribution in [-0.4, -0.2) is 47.4 Å². The highest BCUT2D eigenvalue weighted by Crippen LogP contribution is 2.17. The summed E-state index contributed by atoms with van der Waals surface area (Å²) in [4.78, 5) is 24.5. The third kappa shape index (κ3) is 49.9. The molecule has 0 aliphatic rings. The molecule has 1 amide bonds. The molecule has 0 aromatic heterocycles. The number of ether oxygens (including phenoxy) is 1. The third-order valence-electron chi connectivity index (χ3n) is 13.3. The molecule has 2 atom stereocenters. The number of allylic oxidation sites excluding steroid dienone is 1. The van der Waals surface area contributed by atoms with E-state index in [1.54, 1.807) is 6.08 Å². The van der Waals surface area contributed by atoms with Gasteiger partial charge in [-0.05, 0) is 32.1 Å². The Labute approximate surface area is 393 Å². The smallest absolute Gasteiger partial charge is 0.305 e. The summed E-state index contributed by atoms with van der Waals surface area (Å²) in [6, 6.07) is -0.641. The van der Waals surface area contributed by atoms with Crippen molar-refractivity contribution in [2.75, 3.05) is 13.2 Å². The van der Waals surface area contributed by atoms with Gasteiger partial charge in [-0.2, -0.15) is 0 Å². The molecule has 0 spiro atoms. The molecule has 0 aromatic rings. The molecule has 63 heavy (non-hydrogen) atoms. The van der Waals surface area contributed by atoms with Gasteiger partial charge in [0, 0.05) is 12.8 Å². The number of carbonyl (C=O) groups excluding carboxylic acids is 2. The van der Waals surface area contributed by atoms with Gasteiger partial charge in [0.2, 0.25) is 5.91 Å². The van der Waals surface area contributed by atoms with Crippen LogP contribution in [0, 0.1) is 0 Å². The maximum Gasteiger partial charge on any atom is 0.305 e. The van der Waals surface area contributed by atoms with E-state index in [-0.39, 0.29) is 18.5 Å². The van der Waals surface area contributed by atoms with Crippen LogP contribution in [0.5, 0.6) is 0 Å². The Hall–Kier alpha value is -1.40. The Morgan fingerprint density at radius 2 is 0.730 bits per heavy atom. The van der Waals surface area contributed by atoms with E-state index < -0.39 is 12.1 Å². The monoisotopic (exact) mass is 890 g/mol. The molecule has 0 aliphatic carbocycles. The van der Waals surface area contributed by atoms with Crippen molar-refractivity contribution in [1.82, 2.24) is 5.32 Å². The lowest BCUT2D eigenvalue weighted by Crippen LogP contribution is -2.45. The Balaban J connectivity index is 3.49. The Kier molecular flexibility index (Phi) is 52.0. The van der Waals surface area contributed by atoms with Crippen LogP contribution in [0.1, 0.15) is 316 Å². The van der Waals surface area contributed by atoms with Gasteiger partial charge >= 0.3 is 5.97 Å². The topological polar surface area (TPSA) is 95.9 Å². The summed E-state index contributed by atoms with van der Waals surface area (Å²) < 4.78 is 5.46. The number of unbranched alkanes of at least 4 members (excludes halogenated alkanes) is 42. The molecule has 0 fully saturated rings. The number of rotatable bonds is 53. The number of aliphatic hydroxyl groups is 2. The van der Waals surface area contributed by atoms with Crippen LogP contribution < -0.4 is 5.32 Å². The number of carbonyl (C=O) groups is 2. The van der Waals surface area contributed by atoms with E-state index in [4.69, 9.17) is 4.74 Å². The van der Waals surface area contributed by atoms with Crippen molar-refractivity contribution in [3.05, 3.63) is 12.2 Å². The summed E-state index contributed by atoms with van der Waals surface area (Å²) in [6.07, 6.45) is 62.2. The number of nitrogens with one attached hydrogen (secondary N) is 1. The van der Waals surface area contributed by atoms with Crippen molar-refractivity contribution < 1.29 is 24.5 Å². The highest BCUT2D eigenvalue weighted by molar-refractivity contribution is 5.76. The first-order valence-corrected chi connectivity index (χ1v) is 28.5. The average molecular weight is 891 g/mol. The van der Waals surface area contributed by atoms with E-state index in [0.717, 1.165) is 57.8 Å². The zero-order valence-electron chi connectivity index (χ0n) is 42.6. The van der Waals surface area contributed by atoms with Gasteiger partial charge in [-0.25, -0.2) is 0 Å². The predicted molar refractivity (Wildman–Crippen MR) is 273 cm³/mol. The molecule has 0 saturated carbocycles. The highest BCUT2D eigenvalue weighted by Gasteiger charge is 2.18. The lowest BCUT2D eigenvalue weighted by Gasteiger charge is -2.20. The number of amides is 1. The van der Waals surface area contributed by atoms with Crippen LogP contribution in [0.25, 0.3) is 0 Å².